The summed E-state index contributed by atoms with van der Waals surface area (Å²) in [5.74, 6) is 0.890. The minimum Gasteiger partial charge on any atom is -0.309 e. The molecule has 0 bridgehead atoms. The van der Waals surface area contributed by atoms with E-state index in [2.05, 4.69) is 211 Å². The summed E-state index contributed by atoms with van der Waals surface area (Å²) in [6, 6.07) is 67.8. The van der Waals surface area contributed by atoms with Gasteiger partial charge >= 0.3 is 0 Å². The fourth-order valence-corrected chi connectivity index (χ4v) is 9.67. The minimum absolute atomic E-state index is 0.108. The molecule has 0 unspecified atom stereocenters. The fraction of sp³-hybridized carbons (Fsp3) is 0.0545. The minimum atomic E-state index is -0.108. The Balaban J connectivity index is 0.938. The van der Waals surface area contributed by atoms with Crippen LogP contribution in [0.4, 0.5) is 0 Å². The molecule has 0 spiro atoms. The van der Waals surface area contributed by atoms with Crippen LogP contribution in [0.5, 0.6) is 0 Å². The van der Waals surface area contributed by atoms with E-state index in [1.165, 1.54) is 60.4 Å². The summed E-state index contributed by atoms with van der Waals surface area (Å²) >= 11 is 0. The lowest BCUT2D eigenvalue weighted by Crippen LogP contribution is -2.15. The Morgan fingerprint density at radius 2 is 1.00 bits per heavy atom. The predicted octanol–water partition coefficient (Wildman–Crippen LogP) is 14.0. The Morgan fingerprint density at radius 3 is 1.76 bits per heavy atom. The Labute approximate surface area is 342 Å². The van der Waals surface area contributed by atoms with Gasteiger partial charge in [-0.2, -0.15) is 0 Å². The van der Waals surface area contributed by atoms with E-state index in [-0.39, 0.29) is 5.41 Å². The zero-order chi connectivity index (χ0) is 39.2. The van der Waals surface area contributed by atoms with Crippen LogP contribution in [0.3, 0.4) is 0 Å². The van der Waals surface area contributed by atoms with Gasteiger partial charge in [-0.15, -0.1) is 0 Å². The highest BCUT2D eigenvalue weighted by Crippen LogP contribution is 2.48. The van der Waals surface area contributed by atoms with Crippen molar-refractivity contribution in [1.82, 2.24) is 19.1 Å². The summed E-state index contributed by atoms with van der Waals surface area (Å²) in [5.41, 5.74) is 17.3. The molecule has 0 fully saturated rings. The molecule has 0 atom stereocenters. The molecule has 0 amide bonds. The van der Waals surface area contributed by atoms with Gasteiger partial charge in [0.1, 0.15) is 5.82 Å². The number of para-hydroxylation sites is 3. The van der Waals surface area contributed by atoms with Gasteiger partial charge in [0.25, 0.3) is 0 Å². The SMILES string of the molecule is CC1(C)c2ccccc2-c2ncc(-c3cccc(-c4cccc(-n5c6ccccc6c6cc(-c7ccc8c(c7)c7ccccc7n8-c7ccccc7)ccc65)n4)c3)cc21. The maximum absolute atomic E-state index is 5.34. The Bertz CT molecular complexity index is 3480. The van der Waals surface area contributed by atoms with Gasteiger partial charge in [0.15, 0.2) is 0 Å². The van der Waals surface area contributed by atoms with Gasteiger partial charge in [-0.25, -0.2) is 4.98 Å². The molecule has 0 saturated carbocycles. The van der Waals surface area contributed by atoms with E-state index in [0.29, 0.717) is 0 Å². The zero-order valence-corrected chi connectivity index (χ0v) is 32.8. The molecule has 4 heteroatoms. The Hall–Kier alpha value is -7.56. The predicted molar refractivity (Wildman–Crippen MR) is 245 cm³/mol. The van der Waals surface area contributed by atoms with Crippen molar-refractivity contribution in [3.05, 3.63) is 205 Å². The number of fused-ring (bicyclic) bond motifs is 9. The molecule has 0 aliphatic heterocycles. The smallest absolute Gasteiger partial charge is 0.138 e. The first kappa shape index (κ1) is 33.6. The Kier molecular flexibility index (Phi) is 7.24. The molecule has 0 N–H and O–H groups in total. The number of hydrogen-bond donors (Lipinski definition) is 0. The van der Waals surface area contributed by atoms with Crippen molar-refractivity contribution < 1.29 is 0 Å². The highest BCUT2D eigenvalue weighted by Gasteiger charge is 2.36. The van der Waals surface area contributed by atoms with E-state index < -0.39 is 0 Å². The first-order chi connectivity index (χ1) is 29.0. The summed E-state index contributed by atoms with van der Waals surface area (Å²) in [5, 5.41) is 4.90. The van der Waals surface area contributed by atoms with Crippen LogP contribution in [0.2, 0.25) is 0 Å². The molecule has 12 rings (SSSR count). The van der Waals surface area contributed by atoms with Crippen molar-refractivity contribution in [1.29, 1.82) is 0 Å². The van der Waals surface area contributed by atoms with Gasteiger partial charge < -0.3 is 4.57 Å². The second kappa shape index (κ2) is 12.7. The highest BCUT2D eigenvalue weighted by molar-refractivity contribution is 6.12. The molecule has 1 aliphatic rings. The monoisotopic (exact) mass is 754 g/mol. The first-order valence-corrected chi connectivity index (χ1v) is 20.3. The number of pyridine rings is 2. The van der Waals surface area contributed by atoms with Crippen LogP contribution in [0.15, 0.2) is 194 Å². The van der Waals surface area contributed by atoms with Gasteiger partial charge in [0.2, 0.25) is 0 Å². The second-order valence-corrected chi connectivity index (χ2v) is 16.3. The fourth-order valence-electron chi connectivity index (χ4n) is 9.67. The normalized spacial score (nSPS) is 13.1. The number of rotatable bonds is 5. The largest absolute Gasteiger partial charge is 0.309 e. The molecular formula is C55H38N4. The Morgan fingerprint density at radius 1 is 0.407 bits per heavy atom. The number of benzene rings is 7. The van der Waals surface area contributed by atoms with Gasteiger partial charge in [-0.1, -0.05) is 129 Å². The molecule has 7 aromatic carbocycles. The molecule has 4 aromatic heterocycles. The third kappa shape index (κ3) is 5.09. The first-order valence-electron chi connectivity index (χ1n) is 20.3. The average Bonchev–Trinajstić information content (AvgIpc) is 3.89. The lowest BCUT2D eigenvalue weighted by Gasteiger charge is -2.21. The van der Waals surface area contributed by atoms with Crippen LogP contribution >= 0.6 is 0 Å². The molecule has 59 heavy (non-hydrogen) atoms. The van der Waals surface area contributed by atoms with Gasteiger partial charge in [0, 0.05) is 55.5 Å². The van der Waals surface area contributed by atoms with Crippen molar-refractivity contribution in [3.63, 3.8) is 0 Å². The highest BCUT2D eigenvalue weighted by atomic mass is 15.1. The topological polar surface area (TPSA) is 35.6 Å². The quantitative estimate of drug-likeness (QED) is 0.175. The molecule has 278 valence electrons. The van der Waals surface area contributed by atoms with Crippen LogP contribution in [0.1, 0.15) is 25.0 Å². The van der Waals surface area contributed by atoms with Crippen molar-refractivity contribution in [3.8, 4) is 56.3 Å². The van der Waals surface area contributed by atoms with E-state index >= 15 is 0 Å². The maximum atomic E-state index is 5.34. The lowest BCUT2D eigenvalue weighted by atomic mass is 9.82. The summed E-state index contributed by atoms with van der Waals surface area (Å²) in [6.45, 7) is 4.60. The molecule has 0 radical (unpaired) electrons. The van der Waals surface area contributed by atoms with E-state index in [0.717, 1.165) is 50.6 Å². The van der Waals surface area contributed by atoms with Gasteiger partial charge in [-0.05, 0) is 101 Å². The van der Waals surface area contributed by atoms with Crippen LogP contribution < -0.4 is 0 Å². The van der Waals surface area contributed by atoms with Crippen molar-refractivity contribution >= 4 is 43.6 Å². The molecule has 0 saturated heterocycles. The van der Waals surface area contributed by atoms with Gasteiger partial charge in [-0.3, -0.25) is 9.55 Å². The molecule has 4 nitrogen and oxygen atoms in total. The number of nitrogens with zero attached hydrogens (tertiary/aromatic N) is 4. The van der Waals surface area contributed by atoms with Crippen LogP contribution in [-0.4, -0.2) is 19.1 Å². The molecule has 4 heterocycles. The van der Waals surface area contributed by atoms with Crippen LogP contribution in [-0.2, 0) is 5.41 Å². The van der Waals surface area contributed by atoms with Crippen molar-refractivity contribution in [2.75, 3.05) is 0 Å². The average molecular weight is 755 g/mol. The van der Waals surface area contributed by atoms with E-state index in [9.17, 15) is 0 Å². The van der Waals surface area contributed by atoms with Crippen LogP contribution in [0, 0.1) is 0 Å². The zero-order valence-electron chi connectivity index (χ0n) is 32.8. The summed E-state index contributed by atoms with van der Waals surface area (Å²) in [4.78, 5) is 10.4. The third-order valence-corrected chi connectivity index (χ3v) is 12.6. The maximum Gasteiger partial charge on any atom is 0.138 e. The van der Waals surface area contributed by atoms with E-state index in [4.69, 9.17) is 9.97 Å². The summed E-state index contributed by atoms with van der Waals surface area (Å²) in [6.07, 6.45) is 2.02. The number of hydrogen-bond acceptors (Lipinski definition) is 2. The van der Waals surface area contributed by atoms with E-state index in [1.54, 1.807) is 0 Å². The standard InChI is InChI=1S/C55H38N4/c1-55(2)46-21-9-6-20-43(46)54-47(55)33-39(34-56-54)35-14-12-15-38(30-35)48-22-13-25-53(57-48)59-50-24-11-8-19-42(50)45-32-37(27-29-52(45)59)36-26-28-51-44(31-36)41-18-7-10-23-49(41)58(51)40-16-4-3-5-17-40/h3-34H,1-2H3. The molecule has 1 aliphatic carbocycles. The summed E-state index contributed by atoms with van der Waals surface area (Å²) < 4.78 is 4.68. The van der Waals surface area contributed by atoms with Crippen LogP contribution in [0.25, 0.3) is 99.9 Å². The number of aromatic nitrogens is 4. The summed E-state index contributed by atoms with van der Waals surface area (Å²) in [7, 11) is 0. The van der Waals surface area contributed by atoms with E-state index in [1.807, 2.05) is 6.20 Å². The van der Waals surface area contributed by atoms with Gasteiger partial charge in [0.05, 0.1) is 33.5 Å². The molecular weight excluding hydrogens is 717 g/mol. The lowest BCUT2D eigenvalue weighted by molar-refractivity contribution is 0.659. The second-order valence-electron chi connectivity index (χ2n) is 16.3. The van der Waals surface area contributed by atoms with Crippen molar-refractivity contribution in [2.45, 2.75) is 19.3 Å². The molecule has 11 aromatic rings. The van der Waals surface area contributed by atoms with Crippen molar-refractivity contribution in [2.24, 2.45) is 0 Å². The third-order valence-electron chi connectivity index (χ3n) is 12.6.